The van der Waals surface area contributed by atoms with Crippen molar-refractivity contribution in [3.05, 3.63) is 0 Å². The third-order valence-electron chi connectivity index (χ3n) is 3.81. The van der Waals surface area contributed by atoms with Crippen LogP contribution in [-0.4, -0.2) is 24.0 Å². The molecule has 3 unspecified atom stereocenters. The van der Waals surface area contributed by atoms with Gasteiger partial charge in [-0.15, -0.1) is 0 Å². The summed E-state index contributed by atoms with van der Waals surface area (Å²) in [7, 11) is 0. The summed E-state index contributed by atoms with van der Waals surface area (Å²) in [5, 5.41) is 6.53. The van der Waals surface area contributed by atoms with Crippen molar-refractivity contribution in [2.45, 2.75) is 90.3 Å². The van der Waals surface area contributed by atoms with Gasteiger partial charge in [0, 0.05) is 12.1 Å². The Morgan fingerprint density at radius 2 is 2.11 bits per heavy atom. The van der Waals surface area contributed by atoms with Crippen molar-refractivity contribution < 1.29 is 4.79 Å². The van der Waals surface area contributed by atoms with E-state index >= 15 is 0 Å². The zero-order chi connectivity index (χ0) is 13.4. The molecular formula is C15H30N2O. The Bertz CT molecular complexity index is 243. The lowest BCUT2D eigenvalue weighted by Crippen LogP contribution is -2.51. The van der Waals surface area contributed by atoms with Crippen molar-refractivity contribution in [3.63, 3.8) is 0 Å². The molecule has 0 spiro atoms. The summed E-state index contributed by atoms with van der Waals surface area (Å²) in [6.45, 7) is 6.50. The van der Waals surface area contributed by atoms with Gasteiger partial charge in [0.25, 0.3) is 0 Å². The summed E-state index contributed by atoms with van der Waals surface area (Å²) in [6, 6.07) is 0.828. The fraction of sp³-hybridized carbons (Fsp3) is 0.933. The molecule has 3 atom stereocenters. The fourth-order valence-corrected chi connectivity index (χ4v) is 2.64. The van der Waals surface area contributed by atoms with Gasteiger partial charge in [0.2, 0.25) is 5.91 Å². The van der Waals surface area contributed by atoms with Gasteiger partial charge >= 0.3 is 0 Å². The fourth-order valence-electron chi connectivity index (χ4n) is 2.64. The zero-order valence-corrected chi connectivity index (χ0v) is 12.3. The summed E-state index contributed by atoms with van der Waals surface area (Å²) in [5.74, 6) is 0.199. The smallest absolute Gasteiger partial charge is 0.237 e. The minimum Gasteiger partial charge on any atom is -0.352 e. The summed E-state index contributed by atoms with van der Waals surface area (Å²) in [5.41, 5.74) is 0. The molecule has 1 aliphatic heterocycles. The van der Waals surface area contributed by atoms with Crippen LogP contribution in [0.25, 0.3) is 0 Å². The molecule has 18 heavy (non-hydrogen) atoms. The molecule has 0 aromatic heterocycles. The number of nitrogens with one attached hydrogen (secondary N) is 2. The second kappa shape index (κ2) is 8.52. The topological polar surface area (TPSA) is 41.1 Å². The van der Waals surface area contributed by atoms with Crippen LogP contribution in [0.2, 0.25) is 0 Å². The Morgan fingerprint density at radius 3 is 2.78 bits per heavy atom. The summed E-state index contributed by atoms with van der Waals surface area (Å²) < 4.78 is 0. The van der Waals surface area contributed by atoms with E-state index in [1.165, 1.54) is 32.1 Å². The predicted molar refractivity (Wildman–Crippen MR) is 76.6 cm³/mol. The molecule has 3 heteroatoms. The number of hydrogen-bond acceptors (Lipinski definition) is 2. The first-order valence-corrected chi connectivity index (χ1v) is 7.70. The molecule has 1 amide bonds. The van der Waals surface area contributed by atoms with E-state index in [0.29, 0.717) is 12.1 Å². The SMILES string of the molecule is CCCCCCC(C)NC(=O)C1CCCC(C)N1. The molecule has 1 saturated heterocycles. The minimum absolute atomic E-state index is 0.0341. The summed E-state index contributed by atoms with van der Waals surface area (Å²) in [4.78, 5) is 12.1. The molecule has 0 bridgehead atoms. The van der Waals surface area contributed by atoms with Gasteiger partial charge < -0.3 is 10.6 Å². The van der Waals surface area contributed by atoms with Crippen molar-refractivity contribution in [1.29, 1.82) is 0 Å². The van der Waals surface area contributed by atoms with Crippen LogP contribution < -0.4 is 10.6 Å². The van der Waals surface area contributed by atoms with Crippen LogP contribution in [0, 0.1) is 0 Å². The average Bonchev–Trinajstić information content (AvgIpc) is 2.34. The van der Waals surface area contributed by atoms with E-state index in [1.807, 2.05) is 0 Å². The van der Waals surface area contributed by atoms with Crippen LogP contribution in [0.1, 0.15) is 72.1 Å². The van der Waals surface area contributed by atoms with Crippen molar-refractivity contribution in [1.82, 2.24) is 10.6 Å². The number of piperidine rings is 1. The number of hydrogen-bond donors (Lipinski definition) is 2. The number of rotatable bonds is 7. The van der Waals surface area contributed by atoms with Crippen molar-refractivity contribution in [2.24, 2.45) is 0 Å². The van der Waals surface area contributed by atoms with Gasteiger partial charge in [-0.2, -0.15) is 0 Å². The van der Waals surface area contributed by atoms with Crippen molar-refractivity contribution in [2.75, 3.05) is 0 Å². The minimum atomic E-state index is 0.0341. The second-order valence-corrected chi connectivity index (χ2v) is 5.81. The molecule has 1 aliphatic rings. The largest absolute Gasteiger partial charge is 0.352 e. The maximum absolute atomic E-state index is 12.1. The summed E-state index contributed by atoms with van der Waals surface area (Å²) in [6.07, 6.45) is 9.53. The molecule has 1 fully saturated rings. The van der Waals surface area contributed by atoms with Gasteiger partial charge in [-0.05, 0) is 39.5 Å². The number of carbonyl (C=O) groups excluding carboxylic acids is 1. The third-order valence-corrected chi connectivity index (χ3v) is 3.81. The Balaban J connectivity index is 2.17. The van der Waals surface area contributed by atoms with Crippen LogP contribution in [0.5, 0.6) is 0 Å². The molecule has 0 saturated carbocycles. The standard InChI is InChI=1S/C15H30N2O/c1-4-5-6-7-9-13(3)17-15(18)14-11-8-10-12(2)16-14/h12-14,16H,4-11H2,1-3H3,(H,17,18). The molecule has 106 valence electrons. The number of amides is 1. The highest BCUT2D eigenvalue weighted by molar-refractivity contribution is 5.82. The lowest BCUT2D eigenvalue weighted by atomic mass is 9.98. The summed E-state index contributed by atoms with van der Waals surface area (Å²) >= 11 is 0. The van der Waals surface area contributed by atoms with E-state index in [9.17, 15) is 4.79 Å². The third kappa shape index (κ3) is 5.85. The zero-order valence-electron chi connectivity index (χ0n) is 12.3. The Morgan fingerprint density at radius 1 is 1.33 bits per heavy atom. The van der Waals surface area contributed by atoms with Gasteiger partial charge in [0.1, 0.15) is 0 Å². The normalized spacial score (nSPS) is 25.7. The van der Waals surface area contributed by atoms with Crippen LogP contribution >= 0.6 is 0 Å². The highest BCUT2D eigenvalue weighted by Crippen LogP contribution is 2.13. The van der Waals surface area contributed by atoms with Gasteiger partial charge in [0.05, 0.1) is 6.04 Å². The van der Waals surface area contributed by atoms with Gasteiger partial charge in [-0.25, -0.2) is 0 Å². The Labute approximate surface area is 112 Å². The number of carbonyl (C=O) groups is 1. The molecule has 0 aliphatic carbocycles. The maximum atomic E-state index is 12.1. The maximum Gasteiger partial charge on any atom is 0.237 e. The molecular weight excluding hydrogens is 224 g/mol. The monoisotopic (exact) mass is 254 g/mol. The van der Waals surface area contributed by atoms with E-state index in [0.717, 1.165) is 19.3 Å². The van der Waals surface area contributed by atoms with E-state index in [1.54, 1.807) is 0 Å². The molecule has 0 radical (unpaired) electrons. The quantitative estimate of drug-likeness (QED) is 0.686. The van der Waals surface area contributed by atoms with Crippen LogP contribution in [0.15, 0.2) is 0 Å². The van der Waals surface area contributed by atoms with Crippen molar-refractivity contribution in [3.8, 4) is 0 Å². The highest BCUT2D eigenvalue weighted by Gasteiger charge is 2.24. The van der Waals surface area contributed by atoms with Crippen LogP contribution in [0.4, 0.5) is 0 Å². The first-order valence-electron chi connectivity index (χ1n) is 7.70. The Hall–Kier alpha value is -0.570. The molecule has 3 nitrogen and oxygen atoms in total. The molecule has 1 rings (SSSR count). The van der Waals surface area contributed by atoms with Gasteiger partial charge in [-0.3, -0.25) is 4.79 Å². The molecule has 0 aromatic rings. The van der Waals surface area contributed by atoms with E-state index < -0.39 is 0 Å². The number of unbranched alkanes of at least 4 members (excludes halogenated alkanes) is 3. The first kappa shape index (κ1) is 15.5. The average molecular weight is 254 g/mol. The Kier molecular flexibility index (Phi) is 7.33. The van der Waals surface area contributed by atoms with E-state index in [4.69, 9.17) is 0 Å². The highest BCUT2D eigenvalue weighted by atomic mass is 16.2. The van der Waals surface area contributed by atoms with E-state index in [-0.39, 0.29) is 11.9 Å². The lowest BCUT2D eigenvalue weighted by molar-refractivity contribution is -0.124. The van der Waals surface area contributed by atoms with Crippen molar-refractivity contribution >= 4 is 5.91 Å². The first-order chi connectivity index (χ1) is 8.63. The van der Waals surface area contributed by atoms with Crippen LogP contribution in [0.3, 0.4) is 0 Å². The predicted octanol–water partition coefficient (Wildman–Crippen LogP) is 2.99. The van der Waals surface area contributed by atoms with Gasteiger partial charge in [0.15, 0.2) is 0 Å². The molecule has 0 aromatic carbocycles. The molecule has 1 heterocycles. The van der Waals surface area contributed by atoms with Gasteiger partial charge in [-0.1, -0.05) is 32.6 Å². The second-order valence-electron chi connectivity index (χ2n) is 5.81. The van der Waals surface area contributed by atoms with Crippen LogP contribution in [-0.2, 0) is 4.79 Å². The van der Waals surface area contributed by atoms with E-state index in [2.05, 4.69) is 31.4 Å². The molecule has 2 N–H and O–H groups in total. The lowest BCUT2D eigenvalue weighted by Gasteiger charge is -2.29.